The Morgan fingerprint density at radius 1 is 1.04 bits per heavy atom. The zero-order valence-corrected chi connectivity index (χ0v) is 15.0. The van der Waals surface area contributed by atoms with Crippen molar-refractivity contribution in [3.8, 4) is 5.75 Å². The molecule has 140 valence electrons. The normalized spacial score (nSPS) is 16.7. The number of aromatic nitrogens is 2. The molecule has 3 aromatic rings. The summed E-state index contributed by atoms with van der Waals surface area (Å²) in [6.45, 7) is 0.669. The Bertz CT molecular complexity index is 1230. The molecule has 2 aromatic carbocycles. The van der Waals surface area contributed by atoms with E-state index in [2.05, 4.69) is 14.7 Å². The lowest BCUT2D eigenvalue weighted by Crippen LogP contribution is -2.35. The van der Waals surface area contributed by atoms with Gasteiger partial charge in [0.1, 0.15) is 5.75 Å². The summed E-state index contributed by atoms with van der Waals surface area (Å²) in [5.74, 6) is 0.857. The summed E-state index contributed by atoms with van der Waals surface area (Å²) in [6.07, 6.45) is 0.727. The lowest BCUT2D eigenvalue weighted by Gasteiger charge is -2.25. The first-order chi connectivity index (χ1) is 12.9. The van der Waals surface area contributed by atoms with E-state index in [9.17, 15) is 18.0 Å². The number of sulfonamides is 1. The number of rotatable bonds is 4. The van der Waals surface area contributed by atoms with Gasteiger partial charge in [0.25, 0.3) is 0 Å². The predicted molar refractivity (Wildman–Crippen MR) is 99.5 cm³/mol. The van der Waals surface area contributed by atoms with Gasteiger partial charge in [-0.15, -0.1) is 0 Å². The summed E-state index contributed by atoms with van der Waals surface area (Å²) >= 11 is 0. The zero-order valence-electron chi connectivity index (χ0n) is 14.2. The van der Waals surface area contributed by atoms with Gasteiger partial charge in [-0.3, -0.25) is 9.59 Å². The SMILES string of the molecule is O=c1[nH]c2ccc(S(=O)(=O)NCC3COc4ccccc4C3)cc2[nH]c1=O. The monoisotopic (exact) mass is 387 g/mol. The van der Waals surface area contributed by atoms with Gasteiger partial charge in [0, 0.05) is 12.5 Å². The van der Waals surface area contributed by atoms with Crippen LogP contribution in [-0.4, -0.2) is 31.5 Å². The van der Waals surface area contributed by atoms with Gasteiger partial charge in [-0.25, -0.2) is 13.1 Å². The Labute approximate surface area is 154 Å². The van der Waals surface area contributed by atoms with Gasteiger partial charge in [0.2, 0.25) is 10.0 Å². The third kappa shape index (κ3) is 3.51. The van der Waals surface area contributed by atoms with Crippen molar-refractivity contribution in [2.45, 2.75) is 11.3 Å². The minimum Gasteiger partial charge on any atom is -0.493 e. The molecule has 0 aliphatic carbocycles. The van der Waals surface area contributed by atoms with Crippen LogP contribution in [0.5, 0.6) is 5.75 Å². The van der Waals surface area contributed by atoms with E-state index in [0.717, 1.165) is 17.7 Å². The Balaban J connectivity index is 1.52. The Hall–Kier alpha value is -2.91. The summed E-state index contributed by atoms with van der Waals surface area (Å²) in [6, 6.07) is 11.8. The quantitative estimate of drug-likeness (QED) is 0.570. The molecule has 0 bridgehead atoms. The number of para-hydroxylation sites is 1. The van der Waals surface area contributed by atoms with Crippen LogP contribution in [0.1, 0.15) is 5.56 Å². The third-order valence-corrected chi connectivity index (χ3v) is 5.94. The van der Waals surface area contributed by atoms with Gasteiger partial charge in [0.05, 0.1) is 22.5 Å². The standard InChI is InChI=1S/C18H17N3O5S/c22-17-18(23)21-15-8-13(5-6-14(15)20-17)27(24,25)19-9-11-7-12-3-1-2-4-16(12)26-10-11/h1-6,8,11,19H,7,9-10H2,(H,20,22)(H,21,23). The Morgan fingerprint density at radius 2 is 1.78 bits per heavy atom. The average Bonchev–Trinajstić information content (AvgIpc) is 2.67. The largest absolute Gasteiger partial charge is 0.493 e. The van der Waals surface area contributed by atoms with E-state index < -0.39 is 21.1 Å². The van der Waals surface area contributed by atoms with Crippen molar-refractivity contribution in [2.24, 2.45) is 5.92 Å². The van der Waals surface area contributed by atoms with Gasteiger partial charge in [-0.1, -0.05) is 18.2 Å². The van der Waals surface area contributed by atoms with Gasteiger partial charge in [-0.2, -0.15) is 0 Å². The van der Waals surface area contributed by atoms with E-state index in [4.69, 9.17) is 4.74 Å². The molecule has 4 rings (SSSR count). The predicted octanol–water partition coefficient (Wildman–Crippen LogP) is 0.746. The molecule has 0 saturated carbocycles. The Morgan fingerprint density at radius 3 is 2.59 bits per heavy atom. The number of hydrogen-bond acceptors (Lipinski definition) is 5. The highest BCUT2D eigenvalue weighted by Crippen LogP contribution is 2.26. The van der Waals surface area contributed by atoms with E-state index in [1.54, 1.807) is 0 Å². The summed E-state index contributed by atoms with van der Waals surface area (Å²) in [4.78, 5) is 27.6. The molecule has 0 spiro atoms. The molecule has 0 saturated heterocycles. The molecule has 1 aliphatic heterocycles. The van der Waals surface area contributed by atoms with E-state index in [1.165, 1.54) is 18.2 Å². The molecule has 1 aliphatic rings. The summed E-state index contributed by atoms with van der Waals surface area (Å²) < 4.78 is 33.5. The van der Waals surface area contributed by atoms with E-state index in [0.29, 0.717) is 12.1 Å². The number of ether oxygens (including phenoxy) is 1. The van der Waals surface area contributed by atoms with Crippen molar-refractivity contribution < 1.29 is 13.2 Å². The average molecular weight is 387 g/mol. The number of benzene rings is 2. The maximum atomic E-state index is 12.6. The van der Waals surface area contributed by atoms with E-state index >= 15 is 0 Å². The van der Waals surface area contributed by atoms with Crippen LogP contribution in [0.15, 0.2) is 56.9 Å². The van der Waals surface area contributed by atoms with Crippen LogP contribution in [-0.2, 0) is 16.4 Å². The van der Waals surface area contributed by atoms with Crippen LogP contribution < -0.4 is 20.6 Å². The molecule has 1 atom stereocenters. The first kappa shape index (κ1) is 17.5. The molecule has 1 aromatic heterocycles. The van der Waals surface area contributed by atoms with Crippen LogP contribution in [0, 0.1) is 5.92 Å². The fourth-order valence-electron chi connectivity index (χ4n) is 3.09. The third-order valence-electron chi connectivity index (χ3n) is 4.52. The zero-order chi connectivity index (χ0) is 19.0. The molecule has 0 amide bonds. The highest BCUT2D eigenvalue weighted by atomic mass is 32.2. The molecule has 9 heteroatoms. The van der Waals surface area contributed by atoms with Crippen LogP contribution in [0.4, 0.5) is 0 Å². The molecular formula is C18H17N3O5S. The highest BCUT2D eigenvalue weighted by molar-refractivity contribution is 7.89. The van der Waals surface area contributed by atoms with Gasteiger partial charge in [-0.05, 0) is 36.2 Å². The topological polar surface area (TPSA) is 121 Å². The van der Waals surface area contributed by atoms with E-state index in [-0.39, 0.29) is 22.9 Å². The van der Waals surface area contributed by atoms with Crippen molar-refractivity contribution in [1.82, 2.24) is 14.7 Å². The highest BCUT2D eigenvalue weighted by Gasteiger charge is 2.22. The van der Waals surface area contributed by atoms with Gasteiger partial charge < -0.3 is 14.7 Å². The molecule has 8 nitrogen and oxygen atoms in total. The molecule has 2 heterocycles. The van der Waals surface area contributed by atoms with Crippen molar-refractivity contribution in [3.63, 3.8) is 0 Å². The van der Waals surface area contributed by atoms with Crippen LogP contribution in [0.3, 0.4) is 0 Å². The summed E-state index contributed by atoms with van der Waals surface area (Å²) in [7, 11) is -3.77. The number of fused-ring (bicyclic) bond motifs is 2. The van der Waals surface area contributed by atoms with Crippen molar-refractivity contribution >= 4 is 21.1 Å². The maximum absolute atomic E-state index is 12.6. The molecule has 1 unspecified atom stereocenters. The van der Waals surface area contributed by atoms with Crippen LogP contribution in [0.25, 0.3) is 11.0 Å². The van der Waals surface area contributed by atoms with E-state index in [1.807, 2.05) is 24.3 Å². The van der Waals surface area contributed by atoms with Crippen molar-refractivity contribution in [3.05, 3.63) is 68.7 Å². The van der Waals surface area contributed by atoms with Crippen LogP contribution >= 0.6 is 0 Å². The lowest BCUT2D eigenvalue weighted by atomic mass is 9.97. The second kappa shape index (κ2) is 6.67. The molecular weight excluding hydrogens is 370 g/mol. The van der Waals surface area contributed by atoms with Crippen LogP contribution in [0.2, 0.25) is 0 Å². The molecule has 3 N–H and O–H groups in total. The number of nitrogens with one attached hydrogen (secondary N) is 3. The first-order valence-corrected chi connectivity index (χ1v) is 9.87. The second-order valence-corrected chi connectivity index (χ2v) is 8.22. The van der Waals surface area contributed by atoms with Gasteiger partial charge >= 0.3 is 11.1 Å². The smallest absolute Gasteiger partial charge is 0.314 e. The minimum atomic E-state index is -3.77. The van der Waals surface area contributed by atoms with Crippen molar-refractivity contribution in [1.29, 1.82) is 0 Å². The number of aromatic amines is 2. The lowest BCUT2D eigenvalue weighted by molar-refractivity contribution is 0.223. The minimum absolute atomic E-state index is 0.00910. The Kier molecular flexibility index (Phi) is 4.33. The maximum Gasteiger partial charge on any atom is 0.314 e. The summed E-state index contributed by atoms with van der Waals surface area (Å²) in [5.41, 5.74) is 0.0465. The molecule has 0 radical (unpaired) electrons. The second-order valence-electron chi connectivity index (χ2n) is 6.46. The molecule has 0 fully saturated rings. The first-order valence-electron chi connectivity index (χ1n) is 8.39. The van der Waals surface area contributed by atoms with Gasteiger partial charge in [0.15, 0.2) is 0 Å². The molecule has 27 heavy (non-hydrogen) atoms. The number of H-pyrrole nitrogens is 2. The number of hydrogen-bond donors (Lipinski definition) is 3. The van der Waals surface area contributed by atoms with Crippen molar-refractivity contribution in [2.75, 3.05) is 13.2 Å². The fraction of sp³-hybridized carbons (Fsp3) is 0.222. The fourth-order valence-corrected chi connectivity index (χ4v) is 4.24. The summed E-state index contributed by atoms with van der Waals surface area (Å²) in [5, 5.41) is 0.